The van der Waals surface area contributed by atoms with Gasteiger partial charge in [0, 0.05) is 28.5 Å². The minimum absolute atomic E-state index is 0.107. The number of thioether (sulfide) groups is 1. The predicted octanol–water partition coefficient (Wildman–Crippen LogP) is 2.94. The van der Waals surface area contributed by atoms with E-state index in [9.17, 15) is 4.79 Å². The van der Waals surface area contributed by atoms with Crippen LogP contribution in [0.2, 0.25) is 0 Å². The van der Waals surface area contributed by atoms with Crippen LogP contribution < -0.4 is 0 Å². The van der Waals surface area contributed by atoms with Crippen molar-refractivity contribution >= 4 is 30.3 Å². The van der Waals surface area contributed by atoms with Gasteiger partial charge in [0.1, 0.15) is 0 Å². The van der Waals surface area contributed by atoms with Gasteiger partial charge < -0.3 is 4.90 Å². The van der Waals surface area contributed by atoms with Gasteiger partial charge in [0.15, 0.2) is 0 Å². The first-order valence-corrected chi connectivity index (χ1v) is 7.31. The average Bonchev–Trinajstić information content (AvgIpc) is 2.32. The van der Waals surface area contributed by atoms with E-state index in [1.807, 2.05) is 40.9 Å². The van der Waals surface area contributed by atoms with Gasteiger partial charge in [-0.15, -0.1) is 12.6 Å². The van der Waals surface area contributed by atoms with Crippen LogP contribution in [0.3, 0.4) is 0 Å². The molecular weight excluding hydrogens is 250 g/mol. The van der Waals surface area contributed by atoms with Gasteiger partial charge in [0.25, 0.3) is 5.91 Å². The largest absolute Gasteiger partial charge is 0.334 e. The van der Waals surface area contributed by atoms with Crippen molar-refractivity contribution in [2.45, 2.75) is 30.0 Å². The second-order valence-corrected chi connectivity index (χ2v) is 6.30. The molecule has 2 nitrogen and oxygen atoms in total. The van der Waals surface area contributed by atoms with Crippen molar-refractivity contribution in [2.24, 2.45) is 0 Å². The summed E-state index contributed by atoms with van der Waals surface area (Å²) in [6, 6.07) is 7.79. The number of nitrogens with zero attached hydrogens (tertiary/aromatic N) is 1. The fourth-order valence-electron chi connectivity index (χ4n) is 2.03. The van der Waals surface area contributed by atoms with Crippen LogP contribution in [0.25, 0.3) is 0 Å². The van der Waals surface area contributed by atoms with Gasteiger partial charge in [-0.3, -0.25) is 4.79 Å². The Labute approximate surface area is 112 Å². The molecule has 1 aliphatic rings. The molecular formula is C13H17NOS2. The SMILES string of the molecule is CC1SCCN(C(=O)c2ccccc2S)C1C. The van der Waals surface area contributed by atoms with E-state index in [-0.39, 0.29) is 11.9 Å². The number of thiol groups is 1. The molecule has 0 spiro atoms. The summed E-state index contributed by atoms with van der Waals surface area (Å²) in [6.07, 6.45) is 0. The van der Waals surface area contributed by atoms with Gasteiger partial charge in [0.05, 0.1) is 5.56 Å². The van der Waals surface area contributed by atoms with Crippen molar-refractivity contribution in [1.29, 1.82) is 0 Å². The fourth-order valence-corrected chi connectivity index (χ4v) is 3.38. The second kappa shape index (κ2) is 5.36. The number of rotatable bonds is 1. The smallest absolute Gasteiger partial charge is 0.255 e. The van der Waals surface area contributed by atoms with Crippen LogP contribution in [0, 0.1) is 0 Å². The van der Waals surface area contributed by atoms with E-state index in [0.717, 1.165) is 17.2 Å². The summed E-state index contributed by atoms with van der Waals surface area (Å²) >= 11 is 6.29. The topological polar surface area (TPSA) is 20.3 Å². The molecule has 0 aromatic heterocycles. The molecule has 1 heterocycles. The molecule has 0 N–H and O–H groups in total. The van der Waals surface area contributed by atoms with E-state index < -0.39 is 0 Å². The van der Waals surface area contributed by atoms with E-state index in [1.165, 1.54) is 0 Å². The molecule has 1 aliphatic heterocycles. The molecule has 92 valence electrons. The van der Waals surface area contributed by atoms with Crippen LogP contribution in [0.4, 0.5) is 0 Å². The molecule has 2 rings (SSSR count). The summed E-state index contributed by atoms with van der Waals surface area (Å²) < 4.78 is 0. The third-order valence-corrected chi connectivity index (χ3v) is 5.01. The molecule has 4 heteroatoms. The maximum absolute atomic E-state index is 12.4. The summed E-state index contributed by atoms with van der Waals surface area (Å²) in [6.45, 7) is 5.13. The van der Waals surface area contributed by atoms with E-state index in [4.69, 9.17) is 0 Å². The fraction of sp³-hybridized carbons (Fsp3) is 0.462. The third kappa shape index (κ3) is 2.63. The first-order valence-electron chi connectivity index (χ1n) is 5.82. The summed E-state index contributed by atoms with van der Waals surface area (Å²) in [5, 5.41) is 0.500. The van der Waals surface area contributed by atoms with Gasteiger partial charge >= 0.3 is 0 Å². The lowest BCUT2D eigenvalue weighted by atomic mass is 10.1. The van der Waals surface area contributed by atoms with Gasteiger partial charge in [-0.05, 0) is 19.1 Å². The molecule has 0 bridgehead atoms. The Morgan fingerprint density at radius 2 is 2.12 bits per heavy atom. The molecule has 1 aromatic carbocycles. The number of carbonyl (C=O) groups is 1. The van der Waals surface area contributed by atoms with E-state index >= 15 is 0 Å². The van der Waals surface area contributed by atoms with Crippen LogP contribution in [0.5, 0.6) is 0 Å². The average molecular weight is 267 g/mol. The summed E-state index contributed by atoms with van der Waals surface area (Å²) in [4.78, 5) is 15.2. The van der Waals surface area contributed by atoms with Crippen molar-refractivity contribution in [3.63, 3.8) is 0 Å². The highest BCUT2D eigenvalue weighted by Crippen LogP contribution is 2.26. The van der Waals surface area contributed by atoms with Gasteiger partial charge in [-0.25, -0.2) is 0 Å². The molecule has 0 saturated carbocycles. The molecule has 2 unspecified atom stereocenters. The zero-order valence-electron chi connectivity index (χ0n) is 10.1. The van der Waals surface area contributed by atoms with Crippen molar-refractivity contribution in [2.75, 3.05) is 12.3 Å². The zero-order chi connectivity index (χ0) is 12.4. The van der Waals surface area contributed by atoms with Crippen molar-refractivity contribution in [3.05, 3.63) is 29.8 Å². The minimum atomic E-state index is 0.107. The Morgan fingerprint density at radius 3 is 2.82 bits per heavy atom. The quantitative estimate of drug-likeness (QED) is 0.790. The molecule has 2 atom stereocenters. The van der Waals surface area contributed by atoms with Crippen molar-refractivity contribution < 1.29 is 4.79 Å². The van der Waals surface area contributed by atoms with Crippen LogP contribution in [0.15, 0.2) is 29.2 Å². The Bertz CT molecular complexity index is 422. The van der Waals surface area contributed by atoms with E-state index in [2.05, 4.69) is 26.5 Å². The lowest BCUT2D eigenvalue weighted by Crippen LogP contribution is -2.48. The normalized spacial score (nSPS) is 24.8. The molecule has 0 aliphatic carbocycles. The number of hydrogen-bond donors (Lipinski definition) is 1. The molecule has 17 heavy (non-hydrogen) atoms. The van der Waals surface area contributed by atoms with Crippen molar-refractivity contribution in [3.8, 4) is 0 Å². The number of hydrogen-bond acceptors (Lipinski definition) is 3. The molecule has 1 saturated heterocycles. The third-order valence-electron chi connectivity index (χ3n) is 3.28. The minimum Gasteiger partial charge on any atom is -0.334 e. The highest BCUT2D eigenvalue weighted by Gasteiger charge is 2.29. The second-order valence-electron chi connectivity index (χ2n) is 4.33. The van der Waals surface area contributed by atoms with Gasteiger partial charge in [0.2, 0.25) is 0 Å². The number of benzene rings is 1. The highest BCUT2D eigenvalue weighted by molar-refractivity contribution is 8.00. The van der Waals surface area contributed by atoms with E-state index in [1.54, 1.807) is 0 Å². The molecule has 0 radical (unpaired) electrons. The Morgan fingerprint density at radius 1 is 1.41 bits per heavy atom. The Balaban J connectivity index is 2.23. The van der Waals surface area contributed by atoms with Gasteiger partial charge in [-0.2, -0.15) is 11.8 Å². The first-order chi connectivity index (χ1) is 8.11. The number of carbonyl (C=O) groups excluding carboxylic acids is 1. The maximum Gasteiger partial charge on any atom is 0.255 e. The standard InChI is InChI=1S/C13H17NOS2/c1-9-10(2)17-8-7-14(9)13(15)11-5-3-4-6-12(11)16/h3-6,9-10,16H,7-8H2,1-2H3. The van der Waals surface area contributed by atoms with Crippen LogP contribution in [-0.4, -0.2) is 34.4 Å². The predicted molar refractivity (Wildman–Crippen MR) is 76.1 cm³/mol. The van der Waals surface area contributed by atoms with Crippen LogP contribution in [0.1, 0.15) is 24.2 Å². The Hall–Kier alpha value is -0.610. The Kier molecular flexibility index (Phi) is 4.05. The summed E-state index contributed by atoms with van der Waals surface area (Å²) in [7, 11) is 0. The van der Waals surface area contributed by atoms with Crippen LogP contribution in [-0.2, 0) is 0 Å². The monoisotopic (exact) mass is 267 g/mol. The van der Waals surface area contributed by atoms with Gasteiger partial charge in [-0.1, -0.05) is 19.1 Å². The zero-order valence-corrected chi connectivity index (χ0v) is 11.8. The summed E-state index contributed by atoms with van der Waals surface area (Å²) in [5.41, 5.74) is 0.710. The summed E-state index contributed by atoms with van der Waals surface area (Å²) in [5.74, 6) is 1.13. The highest BCUT2D eigenvalue weighted by atomic mass is 32.2. The van der Waals surface area contributed by atoms with E-state index in [0.29, 0.717) is 10.8 Å². The molecule has 1 amide bonds. The van der Waals surface area contributed by atoms with Crippen LogP contribution >= 0.6 is 24.4 Å². The number of amides is 1. The van der Waals surface area contributed by atoms with Crippen molar-refractivity contribution in [1.82, 2.24) is 4.90 Å². The molecule has 1 fully saturated rings. The maximum atomic E-state index is 12.4. The lowest BCUT2D eigenvalue weighted by Gasteiger charge is -2.37. The molecule has 1 aromatic rings. The first kappa shape index (κ1) is 12.8. The lowest BCUT2D eigenvalue weighted by molar-refractivity contribution is 0.0694.